The topological polar surface area (TPSA) is 111 Å². The van der Waals surface area contributed by atoms with Crippen LogP contribution < -0.4 is 15.4 Å². The first-order valence-corrected chi connectivity index (χ1v) is 8.18. The van der Waals surface area contributed by atoms with Crippen LogP contribution in [0.5, 0.6) is 5.75 Å². The minimum absolute atomic E-state index is 0.0491. The van der Waals surface area contributed by atoms with Crippen LogP contribution >= 0.6 is 0 Å². The smallest absolute Gasteiger partial charge is 0.274 e. The lowest BCUT2D eigenvalue weighted by Crippen LogP contribution is -2.44. The largest absolute Gasteiger partial charge is 0.486 e. The predicted molar refractivity (Wildman–Crippen MR) is 92.9 cm³/mol. The summed E-state index contributed by atoms with van der Waals surface area (Å²) in [6.07, 6.45) is 0. The molecule has 0 radical (unpaired) electrons. The second kappa shape index (κ2) is 8.80. The Morgan fingerprint density at radius 3 is 2.73 bits per heavy atom. The standard InChI is InChI=1S/C18H21N3O5/c1-4-19-17(23)11(2)20-18(24)16-9-15(26-21-16)10-25-14-7-5-6-13(8-14)12(3)22/h5-9,11H,4,10H2,1-3H3,(H,19,23)(H,20,24)/t11-/m1/s1. The highest BCUT2D eigenvalue weighted by Gasteiger charge is 2.19. The van der Waals surface area contributed by atoms with Gasteiger partial charge in [-0.3, -0.25) is 14.4 Å². The summed E-state index contributed by atoms with van der Waals surface area (Å²) in [5.41, 5.74) is 0.594. The summed E-state index contributed by atoms with van der Waals surface area (Å²) in [5, 5.41) is 8.83. The molecule has 26 heavy (non-hydrogen) atoms. The van der Waals surface area contributed by atoms with Gasteiger partial charge in [0.15, 0.2) is 17.2 Å². The van der Waals surface area contributed by atoms with E-state index in [1.165, 1.54) is 13.0 Å². The summed E-state index contributed by atoms with van der Waals surface area (Å²) < 4.78 is 10.6. The molecule has 2 aromatic rings. The van der Waals surface area contributed by atoms with Crippen LogP contribution in [0.3, 0.4) is 0 Å². The average molecular weight is 359 g/mol. The minimum Gasteiger partial charge on any atom is -0.486 e. The average Bonchev–Trinajstić information content (AvgIpc) is 3.09. The third kappa shape index (κ3) is 5.17. The second-order valence-corrected chi connectivity index (χ2v) is 5.64. The molecule has 0 spiro atoms. The van der Waals surface area contributed by atoms with E-state index in [1.54, 1.807) is 38.1 Å². The molecule has 0 aliphatic rings. The number of aromatic nitrogens is 1. The van der Waals surface area contributed by atoms with Crippen LogP contribution in [0, 0.1) is 0 Å². The molecule has 1 atom stereocenters. The number of ether oxygens (including phenoxy) is 1. The zero-order valence-corrected chi connectivity index (χ0v) is 14.9. The Hall–Kier alpha value is -3.16. The van der Waals surface area contributed by atoms with E-state index < -0.39 is 11.9 Å². The number of Topliss-reactive ketones (excluding diaryl/α,β-unsaturated/α-hetero) is 1. The van der Waals surface area contributed by atoms with E-state index in [-0.39, 0.29) is 24.0 Å². The number of hydrogen-bond acceptors (Lipinski definition) is 6. The summed E-state index contributed by atoms with van der Waals surface area (Å²) in [5.74, 6) is -0.00936. The van der Waals surface area contributed by atoms with Gasteiger partial charge in [-0.05, 0) is 32.9 Å². The highest BCUT2D eigenvalue weighted by atomic mass is 16.5. The lowest BCUT2D eigenvalue weighted by molar-refractivity contribution is -0.122. The minimum atomic E-state index is -0.687. The summed E-state index contributed by atoms with van der Waals surface area (Å²) >= 11 is 0. The van der Waals surface area contributed by atoms with Crippen molar-refractivity contribution in [1.82, 2.24) is 15.8 Å². The molecule has 2 rings (SSSR count). The van der Waals surface area contributed by atoms with Gasteiger partial charge in [-0.2, -0.15) is 0 Å². The molecular weight excluding hydrogens is 338 g/mol. The van der Waals surface area contributed by atoms with Crippen LogP contribution in [-0.4, -0.2) is 35.3 Å². The maximum Gasteiger partial charge on any atom is 0.274 e. The van der Waals surface area contributed by atoms with Crippen molar-refractivity contribution in [3.63, 3.8) is 0 Å². The van der Waals surface area contributed by atoms with E-state index in [0.717, 1.165) is 0 Å². The van der Waals surface area contributed by atoms with E-state index in [2.05, 4.69) is 15.8 Å². The number of nitrogens with one attached hydrogen (secondary N) is 2. The molecule has 0 aliphatic heterocycles. The fourth-order valence-corrected chi connectivity index (χ4v) is 2.11. The fraction of sp³-hybridized carbons (Fsp3) is 0.333. The second-order valence-electron chi connectivity index (χ2n) is 5.64. The first-order chi connectivity index (χ1) is 12.4. The Labute approximate surface area is 150 Å². The van der Waals surface area contributed by atoms with Crippen LogP contribution in [0.1, 0.15) is 47.4 Å². The molecule has 0 bridgehead atoms. The highest BCUT2D eigenvalue weighted by molar-refractivity contribution is 5.96. The summed E-state index contributed by atoms with van der Waals surface area (Å²) in [4.78, 5) is 35.1. The van der Waals surface area contributed by atoms with Gasteiger partial charge in [-0.1, -0.05) is 17.3 Å². The maximum absolute atomic E-state index is 12.1. The van der Waals surface area contributed by atoms with E-state index >= 15 is 0 Å². The van der Waals surface area contributed by atoms with Crippen molar-refractivity contribution >= 4 is 17.6 Å². The Bertz CT molecular complexity index is 800. The Morgan fingerprint density at radius 1 is 1.27 bits per heavy atom. The molecule has 0 saturated heterocycles. The molecule has 138 valence electrons. The molecule has 2 amide bonds. The van der Waals surface area contributed by atoms with Crippen molar-refractivity contribution < 1.29 is 23.6 Å². The molecule has 1 aromatic carbocycles. The van der Waals surface area contributed by atoms with Crippen LogP contribution in [0.15, 0.2) is 34.9 Å². The molecule has 1 heterocycles. The van der Waals surface area contributed by atoms with Gasteiger partial charge in [0.2, 0.25) is 5.91 Å². The first kappa shape index (κ1) is 19.2. The maximum atomic E-state index is 12.1. The number of carbonyl (C=O) groups is 3. The van der Waals surface area contributed by atoms with E-state index in [9.17, 15) is 14.4 Å². The van der Waals surface area contributed by atoms with E-state index in [0.29, 0.717) is 23.6 Å². The number of hydrogen-bond donors (Lipinski definition) is 2. The van der Waals surface area contributed by atoms with Gasteiger partial charge in [-0.25, -0.2) is 0 Å². The van der Waals surface area contributed by atoms with Crippen LogP contribution in [-0.2, 0) is 11.4 Å². The molecule has 1 aromatic heterocycles. The summed E-state index contributed by atoms with van der Waals surface area (Å²) in [7, 11) is 0. The highest BCUT2D eigenvalue weighted by Crippen LogP contribution is 2.16. The summed E-state index contributed by atoms with van der Waals surface area (Å²) in [6, 6.07) is 7.50. The van der Waals surface area contributed by atoms with Crippen molar-refractivity contribution in [2.24, 2.45) is 0 Å². The van der Waals surface area contributed by atoms with Crippen molar-refractivity contribution in [2.75, 3.05) is 6.54 Å². The van der Waals surface area contributed by atoms with Crippen LogP contribution in [0.25, 0.3) is 0 Å². The number of carbonyl (C=O) groups excluding carboxylic acids is 3. The molecule has 0 aliphatic carbocycles. The van der Waals surface area contributed by atoms with Gasteiger partial charge in [0.05, 0.1) is 0 Å². The van der Waals surface area contributed by atoms with E-state index in [4.69, 9.17) is 9.26 Å². The third-order valence-electron chi connectivity index (χ3n) is 3.51. The number of rotatable bonds is 8. The van der Waals surface area contributed by atoms with Gasteiger partial charge < -0.3 is 19.9 Å². The molecule has 8 nitrogen and oxygen atoms in total. The number of amides is 2. The molecule has 0 saturated carbocycles. The Morgan fingerprint density at radius 2 is 2.04 bits per heavy atom. The Kier molecular flexibility index (Phi) is 6.48. The predicted octanol–water partition coefficient (Wildman–Crippen LogP) is 1.71. The van der Waals surface area contributed by atoms with Crippen LogP contribution in [0.4, 0.5) is 0 Å². The lowest BCUT2D eigenvalue weighted by atomic mass is 10.1. The number of likely N-dealkylation sites (N-methyl/N-ethyl adjacent to an activating group) is 1. The molecule has 8 heteroatoms. The Balaban J connectivity index is 1.93. The zero-order valence-electron chi connectivity index (χ0n) is 14.9. The monoisotopic (exact) mass is 359 g/mol. The van der Waals surface area contributed by atoms with Gasteiger partial charge in [0, 0.05) is 18.2 Å². The zero-order chi connectivity index (χ0) is 19.1. The van der Waals surface area contributed by atoms with Gasteiger partial charge in [0.1, 0.15) is 18.4 Å². The number of ketones is 1. The number of nitrogens with zero attached hydrogens (tertiary/aromatic N) is 1. The lowest BCUT2D eigenvalue weighted by Gasteiger charge is -2.11. The first-order valence-electron chi connectivity index (χ1n) is 8.18. The normalized spacial score (nSPS) is 11.5. The molecular formula is C18H21N3O5. The van der Waals surface area contributed by atoms with Crippen LogP contribution in [0.2, 0.25) is 0 Å². The van der Waals surface area contributed by atoms with Crippen molar-refractivity contribution in [1.29, 1.82) is 0 Å². The van der Waals surface area contributed by atoms with Gasteiger partial charge in [0.25, 0.3) is 5.91 Å². The van der Waals surface area contributed by atoms with Crippen molar-refractivity contribution in [3.8, 4) is 5.75 Å². The number of benzene rings is 1. The quantitative estimate of drug-likeness (QED) is 0.694. The third-order valence-corrected chi connectivity index (χ3v) is 3.51. The molecule has 0 unspecified atom stereocenters. The molecule has 2 N–H and O–H groups in total. The fourth-order valence-electron chi connectivity index (χ4n) is 2.11. The van der Waals surface area contributed by atoms with Gasteiger partial charge in [-0.15, -0.1) is 0 Å². The van der Waals surface area contributed by atoms with Crippen molar-refractivity contribution in [2.45, 2.75) is 33.4 Å². The van der Waals surface area contributed by atoms with E-state index in [1.807, 2.05) is 0 Å². The SMILES string of the molecule is CCNC(=O)[C@@H](C)NC(=O)c1cc(COc2cccc(C(C)=O)c2)on1. The summed E-state index contributed by atoms with van der Waals surface area (Å²) in [6.45, 7) is 5.38. The molecule has 0 fully saturated rings. The van der Waals surface area contributed by atoms with Gasteiger partial charge >= 0.3 is 0 Å². The van der Waals surface area contributed by atoms with Crippen molar-refractivity contribution in [3.05, 3.63) is 47.3 Å².